The summed E-state index contributed by atoms with van der Waals surface area (Å²) in [6, 6.07) is 10.3. The molecule has 0 radical (unpaired) electrons. The summed E-state index contributed by atoms with van der Waals surface area (Å²) < 4.78 is 10.2. The Kier molecular flexibility index (Phi) is 5.83. The van der Waals surface area contributed by atoms with Crippen molar-refractivity contribution < 1.29 is 14.3 Å². The molecular formula is C18H23N5O3. The van der Waals surface area contributed by atoms with Crippen LogP contribution in [-0.4, -0.2) is 48.2 Å². The quantitative estimate of drug-likeness (QED) is 0.836. The van der Waals surface area contributed by atoms with E-state index in [1.165, 1.54) is 14.2 Å². The molecule has 0 aliphatic carbocycles. The number of rotatable bonds is 6. The average Bonchev–Trinajstić information content (AvgIpc) is 2.72. The van der Waals surface area contributed by atoms with Gasteiger partial charge in [0, 0.05) is 25.6 Å². The molecule has 1 N–H and O–H groups in total. The summed E-state index contributed by atoms with van der Waals surface area (Å²) in [7, 11) is 3.00. The molecule has 0 atom stereocenters. The van der Waals surface area contributed by atoms with Gasteiger partial charge in [0.05, 0.1) is 14.2 Å². The monoisotopic (exact) mass is 357 g/mol. The van der Waals surface area contributed by atoms with Crippen molar-refractivity contribution >= 4 is 11.9 Å². The van der Waals surface area contributed by atoms with Crippen LogP contribution < -0.4 is 19.7 Å². The molecular weight excluding hydrogens is 334 g/mol. The Labute approximate surface area is 152 Å². The standard InChI is InChI=1S/C18H23N5O3/c1-25-17-20-16(21-18(22-17)26-2)23-10-8-14(9-11-23)15(24)19-12-13-6-4-3-5-7-13/h3-7,14H,8-12H2,1-2H3,(H,19,24). The molecule has 1 aliphatic heterocycles. The summed E-state index contributed by atoms with van der Waals surface area (Å²) in [4.78, 5) is 27.0. The van der Waals surface area contributed by atoms with Gasteiger partial charge in [-0.2, -0.15) is 9.97 Å². The molecule has 8 nitrogen and oxygen atoms in total. The average molecular weight is 357 g/mol. The number of hydrogen-bond acceptors (Lipinski definition) is 7. The molecule has 26 heavy (non-hydrogen) atoms. The van der Waals surface area contributed by atoms with Crippen molar-refractivity contribution in [1.29, 1.82) is 0 Å². The number of benzene rings is 1. The third-order valence-electron chi connectivity index (χ3n) is 4.41. The molecule has 138 valence electrons. The van der Waals surface area contributed by atoms with Gasteiger partial charge in [-0.1, -0.05) is 30.3 Å². The fourth-order valence-electron chi connectivity index (χ4n) is 2.92. The van der Waals surface area contributed by atoms with Gasteiger partial charge in [-0.25, -0.2) is 0 Å². The summed E-state index contributed by atoms with van der Waals surface area (Å²) in [6.45, 7) is 1.95. The first kappa shape index (κ1) is 17.9. The topological polar surface area (TPSA) is 89.5 Å². The molecule has 1 aliphatic rings. The number of methoxy groups -OCH3 is 2. The molecule has 0 bridgehead atoms. The fourth-order valence-corrected chi connectivity index (χ4v) is 2.92. The van der Waals surface area contributed by atoms with Crippen LogP contribution in [0.1, 0.15) is 18.4 Å². The Bertz CT molecular complexity index is 711. The third-order valence-corrected chi connectivity index (χ3v) is 4.41. The minimum atomic E-state index is 0.000547. The molecule has 3 rings (SSSR count). The lowest BCUT2D eigenvalue weighted by Gasteiger charge is -2.31. The normalized spacial score (nSPS) is 14.8. The molecule has 1 aromatic heterocycles. The summed E-state index contributed by atoms with van der Waals surface area (Å²) in [5, 5.41) is 3.02. The van der Waals surface area contributed by atoms with Crippen LogP contribution in [0, 0.1) is 5.92 Å². The van der Waals surface area contributed by atoms with E-state index < -0.39 is 0 Å². The number of nitrogens with zero attached hydrogens (tertiary/aromatic N) is 4. The summed E-state index contributed by atoms with van der Waals surface area (Å²) in [5.74, 6) is 0.608. The predicted molar refractivity (Wildman–Crippen MR) is 96.2 cm³/mol. The molecule has 0 saturated carbocycles. The second kappa shape index (κ2) is 8.46. The van der Waals surface area contributed by atoms with Gasteiger partial charge in [0.2, 0.25) is 11.9 Å². The highest BCUT2D eigenvalue weighted by Gasteiger charge is 2.26. The zero-order valence-electron chi connectivity index (χ0n) is 15.0. The van der Waals surface area contributed by atoms with E-state index in [1.807, 2.05) is 35.2 Å². The lowest BCUT2D eigenvalue weighted by Crippen LogP contribution is -2.41. The maximum absolute atomic E-state index is 12.4. The lowest BCUT2D eigenvalue weighted by molar-refractivity contribution is -0.125. The van der Waals surface area contributed by atoms with Gasteiger partial charge in [0.15, 0.2) is 0 Å². The van der Waals surface area contributed by atoms with Crippen LogP contribution in [0.2, 0.25) is 0 Å². The smallest absolute Gasteiger partial charge is 0.324 e. The number of hydrogen-bond donors (Lipinski definition) is 1. The van der Waals surface area contributed by atoms with Crippen molar-refractivity contribution in [3.05, 3.63) is 35.9 Å². The van der Waals surface area contributed by atoms with E-state index in [0.29, 0.717) is 25.6 Å². The van der Waals surface area contributed by atoms with E-state index in [2.05, 4.69) is 20.3 Å². The van der Waals surface area contributed by atoms with Crippen molar-refractivity contribution in [2.75, 3.05) is 32.2 Å². The van der Waals surface area contributed by atoms with Gasteiger partial charge in [-0.15, -0.1) is 4.98 Å². The van der Waals surface area contributed by atoms with Gasteiger partial charge in [0.25, 0.3) is 0 Å². The van der Waals surface area contributed by atoms with Gasteiger partial charge < -0.3 is 19.7 Å². The van der Waals surface area contributed by atoms with Crippen LogP contribution >= 0.6 is 0 Å². The van der Waals surface area contributed by atoms with E-state index >= 15 is 0 Å². The molecule has 8 heteroatoms. The number of amides is 1. The number of nitrogens with one attached hydrogen (secondary N) is 1. The second-order valence-electron chi connectivity index (χ2n) is 6.07. The zero-order chi connectivity index (χ0) is 18.4. The van der Waals surface area contributed by atoms with Gasteiger partial charge >= 0.3 is 12.0 Å². The Morgan fingerprint density at radius 1 is 1.08 bits per heavy atom. The first-order valence-electron chi connectivity index (χ1n) is 8.60. The van der Waals surface area contributed by atoms with Gasteiger partial charge in [0.1, 0.15) is 0 Å². The summed E-state index contributed by atoms with van der Waals surface area (Å²) in [5.41, 5.74) is 1.10. The van der Waals surface area contributed by atoms with Crippen LogP contribution in [0.15, 0.2) is 30.3 Å². The fraction of sp³-hybridized carbons (Fsp3) is 0.444. The van der Waals surface area contributed by atoms with Gasteiger partial charge in [-0.05, 0) is 18.4 Å². The number of piperidine rings is 1. The molecule has 1 saturated heterocycles. The minimum Gasteiger partial charge on any atom is -0.467 e. The van der Waals surface area contributed by atoms with Crippen molar-refractivity contribution in [3.8, 4) is 12.0 Å². The van der Waals surface area contributed by atoms with E-state index in [9.17, 15) is 4.79 Å². The first-order chi connectivity index (χ1) is 12.7. The summed E-state index contributed by atoms with van der Waals surface area (Å²) >= 11 is 0. The van der Waals surface area contributed by atoms with Crippen molar-refractivity contribution in [1.82, 2.24) is 20.3 Å². The van der Waals surface area contributed by atoms with E-state index in [4.69, 9.17) is 9.47 Å². The number of anilines is 1. The second-order valence-corrected chi connectivity index (χ2v) is 6.07. The molecule has 2 aromatic rings. The maximum atomic E-state index is 12.4. The van der Waals surface area contributed by atoms with E-state index in [0.717, 1.165) is 18.4 Å². The largest absolute Gasteiger partial charge is 0.467 e. The Morgan fingerprint density at radius 2 is 1.69 bits per heavy atom. The number of carbonyl (C=O) groups is 1. The van der Waals surface area contributed by atoms with E-state index in [1.54, 1.807) is 0 Å². The first-order valence-corrected chi connectivity index (χ1v) is 8.60. The lowest BCUT2D eigenvalue weighted by atomic mass is 9.96. The SMILES string of the molecule is COc1nc(OC)nc(N2CCC(C(=O)NCc3ccccc3)CC2)n1. The number of aromatic nitrogens is 3. The Morgan fingerprint density at radius 3 is 2.27 bits per heavy atom. The van der Waals surface area contributed by atoms with Crippen molar-refractivity contribution in [2.24, 2.45) is 5.92 Å². The molecule has 0 unspecified atom stereocenters. The highest BCUT2D eigenvalue weighted by atomic mass is 16.5. The minimum absolute atomic E-state index is 0.000547. The number of carbonyl (C=O) groups excluding carboxylic acids is 1. The summed E-state index contributed by atoms with van der Waals surface area (Å²) in [6.07, 6.45) is 1.49. The van der Waals surface area contributed by atoms with Crippen LogP contribution in [0.3, 0.4) is 0 Å². The van der Waals surface area contributed by atoms with Crippen molar-refractivity contribution in [2.45, 2.75) is 19.4 Å². The van der Waals surface area contributed by atoms with Crippen LogP contribution in [0.25, 0.3) is 0 Å². The zero-order valence-corrected chi connectivity index (χ0v) is 15.0. The molecule has 2 heterocycles. The Balaban J connectivity index is 1.54. The highest BCUT2D eigenvalue weighted by molar-refractivity contribution is 5.78. The van der Waals surface area contributed by atoms with Crippen LogP contribution in [0.5, 0.6) is 12.0 Å². The number of ether oxygens (including phenoxy) is 2. The Hall–Kier alpha value is -2.90. The molecule has 1 fully saturated rings. The van der Waals surface area contributed by atoms with Gasteiger partial charge in [-0.3, -0.25) is 4.79 Å². The molecule has 1 aromatic carbocycles. The highest BCUT2D eigenvalue weighted by Crippen LogP contribution is 2.23. The van der Waals surface area contributed by atoms with Crippen LogP contribution in [-0.2, 0) is 11.3 Å². The van der Waals surface area contributed by atoms with E-state index in [-0.39, 0.29) is 23.8 Å². The molecule has 1 amide bonds. The van der Waals surface area contributed by atoms with Crippen molar-refractivity contribution in [3.63, 3.8) is 0 Å². The predicted octanol–water partition coefficient (Wildman–Crippen LogP) is 1.42. The molecule has 0 spiro atoms. The third kappa shape index (κ3) is 4.38. The van der Waals surface area contributed by atoms with Crippen LogP contribution in [0.4, 0.5) is 5.95 Å². The maximum Gasteiger partial charge on any atom is 0.324 e.